The second-order valence-electron chi connectivity index (χ2n) is 3.72. The van der Waals surface area contributed by atoms with Gasteiger partial charge in [0, 0.05) is 11.4 Å². The summed E-state index contributed by atoms with van der Waals surface area (Å²) in [6.07, 6.45) is 1.18. The van der Waals surface area contributed by atoms with Gasteiger partial charge in [-0.25, -0.2) is 0 Å². The third-order valence-electron chi connectivity index (χ3n) is 2.13. The predicted octanol–water partition coefficient (Wildman–Crippen LogP) is 3.62. The first-order valence-electron chi connectivity index (χ1n) is 5.12. The molecule has 1 nitrogen and oxygen atoms in total. The van der Waals surface area contributed by atoms with E-state index in [-0.39, 0.29) is 0 Å². The molecule has 0 atom stereocenters. The van der Waals surface area contributed by atoms with Crippen molar-refractivity contribution in [2.45, 2.75) is 39.0 Å². The third kappa shape index (κ3) is 3.03. The van der Waals surface area contributed by atoms with E-state index in [0.29, 0.717) is 0 Å². The van der Waals surface area contributed by atoms with Gasteiger partial charge in [-0.1, -0.05) is 24.6 Å². The lowest BCUT2D eigenvalue weighted by Gasteiger charge is -2.10. The van der Waals surface area contributed by atoms with Crippen LogP contribution in [0, 0.1) is 20.8 Å². The maximum Gasteiger partial charge on any atom is 0.0286 e. The van der Waals surface area contributed by atoms with Crippen LogP contribution in [0.25, 0.3) is 0 Å². The van der Waals surface area contributed by atoms with Crippen molar-refractivity contribution in [2.75, 3.05) is 6.54 Å². The maximum absolute atomic E-state index is 3.37. The summed E-state index contributed by atoms with van der Waals surface area (Å²) in [7, 11) is 0. The van der Waals surface area contributed by atoms with Crippen LogP contribution in [0.2, 0.25) is 0 Å². The van der Waals surface area contributed by atoms with Gasteiger partial charge in [-0.15, -0.1) is 0 Å². The van der Waals surface area contributed by atoms with Crippen molar-refractivity contribution >= 4 is 11.9 Å². The van der Waals surface area contributed by atoms with Crippen LogP contribution in [0.3, 0.4) is 0 Å². The molecule has 1 N–H and O–H groups in total. The SMILES string of the molecule is CCCNSc1c(C)cc(C)cc1C. The van der Waals surface area contributed by atoms with Crippen molar-refractivity contribution in [3.8, 4) is 0 Å². The second-order valence-corrected chi connectivity index (χ2v) is 4.63. The molecule has 0 aliphatic carbocycles. The Morgan fingerprint density at radius 3 is 2.21 bits per heavy atom. The van der Waals surface area contributed by atoms with E-state index in [0.717, 1.165) is 6.54 Å². The van der Waals surface area contributed by atoms with E-state index in [1.807, 2.05) is 0 Å². The molecule has 0 spiro atoms. The quantitative estimate of drug-likeness (QED) is 0.600. The minimum Gasteiger partial charge on any atom is -0.260 e. The van der Waals surface area contributed by atoms with Gasteiger partial charge in [0.15, 0.2) is 0 Å². The molecule has 1 aromatic rings. The molecule has 0 aliphatic rings. The molecule has 0 heterocycles. The normalized spacial score (nSPS) is 10.6. The molecule has 1 aromatic carbocycles. The van der Waals surface area contributed by atoms with Gasteiger partial charge in [0.2, 0.25) is 0 Å². The zero-order valence-electron chi connectivity index (χ0n) is 9.48. The fraction of sp³-hybridized carbons (Fsp3) is 0.500. The Labute approximate surface area is 91.4 Å². The molecule has 0 aromatic heterocycles. The van der Waals surface area contributed by atoms with Crippen molar-refractivity contribution in [2.24, 2.45) is 0 Å². The Kier molecular flexibility index (Phi) is 4.49. The Bertz CT molecular complexity index is 284. The van der Waals surface area contributed by atoms with Gasteiger partial charge in [-0.2, -0.15) is 0 Å². The van der Waals surface area contributed by atoms with Gasteiger partial charge in [0.05, 0.1) is 0 Å². The van der Waals surface area contributed by atoms with Crippen LogP contribution in [0.15, 0.2) is 17.0 Å². The first-order valence-corrected chi connectivity index (χ1v) is 5.94. The lowest BCUT2D eigenvalue weighted by molar-refractivity contribution is 0.876. The Morgan fingerprint density at radius 1 is 1.14 bits per heavy atom. The number of hydrogen-bond donors (Lipinski definition) is 1. The van der Waals surface area contributed by atoms with E-state index < -0.39 is 0 Å². The molecule has 0 aliphatic heterocycles. The van der Waals surface area contributed by atoms with Crippen LogP contribution in [0.1, 0.15) is 30.0 Å². The number of nitrogens with one attached hydrogen (secondary N) is 1. The molecule has 0 radical (unpaired) electrons. The lowest BCUT2D eigenvalue weighted by atomic mass is 10.1. The van der Waals surface area contributed by atoms with Crippen LogP contribution in [-0.4, -0.2) is 6.54 Å². The third-order valence-corrected chi connectivity index (χ3v) is 3.33. The van der Waals surface area contributed by atoms with Crippen LogP contribution in [0.5, 0.6) is 0 Å². The average molecular weight is 209 g/mol. The van der Waals surface area contributed by atoms with Crippen LogP contribution < -0.4 is 4.72 Å². The van der Waals surface area contributed by atoms with E-state index in [1.54, 1.807) is 11.9 Å². The minimum absolute atomic E-state index is 1.07. The molecule has 0 bridgehead atoms. The zero-order valence-corrected chi connectivity index (χ0v) is 10.3. The van der Waals surface area contributed by atoms with E-state index in [2.05, 4.69) is 44.5 Å². The molecule has 78 valence electrons. The van der Waals surface area contributed by atoms with E-state index in [4.69, 9.17) is 0 Å². The van der Waals surface area contributed by atoms with Gasteiger partial charge in [0.25, 0.3) is 0 Å². The average Bonchev–Trinajstić information content (AvgIpc) is 2.09. The number of benzene rings is 1. The first kappa shape index (κ1) is 11.6. The number of aryl methyl sites for hydroxylation is 3. The van der Waals surface area contributed by atoms with Crippen LogP contribution in [-0.2, 0) is 0 Å². The molecule has 0 amide bonds. The van der Waals surface area contributed by atoms with Gasteiger partial charge in [0.1, 0.15) is 0 Å². The van der Waals surface area contributed by atoms with E-state index in [1.165, 1.54) is 28.0 Å². The van der Waals surface area contributed by atoms with Crippen molar-refractivity contribution < 1.29 is 0 Å². The molecular formula is C12H19NS. The summed E-state index contributed by atoms with van der Waals surface area (Å²) in [5.74, 6) is 0. The largest absolute Gasteiger partial charge is 0.260 e. The molecule has 2 heteroatoms. The molecule has 0 saturated carbocycles. The Morgan fingerprint density at radius 2 is 1.71 bits per heavy atom. The molecule has 0 fully saturated rings. The summed E-state index contributed by atoms with van der Waals surface area (Å²) >= 11 is 1.76. The highest BCUT2D eigenvalue weighted by Crippen LogP contribution is 2.25. The highest BCUT2D eigenvalue weighted by molar-refractivity contribution is 7.97. The van der Waals surface area contributed by atoms with Crippen molar-refractivity contribution in [3.05, 3.63) is 28.8 Å². The van der Waals surface area contributed by atoms with Crippen molar-refractivity contribution in [1.29, 1.82) is 0 Å². The summed E-state index contributed by atoms with van der Waals surface area (Å²) in [6.45, 7) is 9.75. The fourth-order valence-corrected chi connectivity index (χ4v) is 2.44. The van der Waals surface area contributed by atoms with Crippen LogP contribution >= 0.6 is 11.9 Å². The summed E-state index contributed by atoms with van der Waals surface area (Å²) in [5.41, 5.74) is 4.09. The summed E-state index contributed by atoms with van der Waals surface area (Å²) in [6, 6.07) is 4.48. The molecular weight excluding hydrogens is 190 g/mol. The highest BCUT2D eigenvalue weighted by Gasteiger charge is 2.03. The maximum atomic E-state index is 3.37. The smallest absolute Gasteiger partial charge is 0.0286 e. The Balaban J connectivity index is 2.75. The van der Waals surface area contributed by atoms with Gasteiger partial charge in [-0.05, 0) is 50.3 Å². The van der Waals surface area contributed by atoms with Crippen molar-refractivity contribution in [1.82, 2.24) is 4.72 Å². The summed E-state index contributed by atoms with van der Waals surface area (Å²) < 4.78 is 3.37. The number of rotatable bonds is 4. The molecule has 1 rings (SSSR count). The van der Waals surface area contributed by atoms with Gasteiger partial charge < -0.3 is 0 Å². The predicted molar refractivity (Wildman–Crippen MR) is 64.8 cm³/mol. The van der Waals surface area contributed by atoms with Gasteiger partial charge in [-0.3, -0.25) is 4.72 Å². The fourth-order valence-electron chi connectivity index (χ4n) is 1.55. The summed E-state index contributed by atoms with van der Waals surface area (Å²) in [5, 5.41) is 0. The standard InChI is InChI=1S/C12H19NS/c1-5-6-13-14-12-10(3)7-9(2)8-11(12)4/h7-8,13H,5-6H2,1-4H3. The van der Waals surface area contributed by atoms with Gasteiger partial charge >= 0.3 is 0 Å². The monoisotopic (exact) mass is 209 g/mol. The molecule has 0 unspecified atom stereocenters. The van der Waals surface area contributed by atoms with E-state index in [9.17, 15) is 0 Å². The van der Waals surface area contributed by atoms with E-state index >= 15 is 0 Å². The lowest BCUT2D eigenvalue weighted by Crippen LogP contribution is -2.04. The first-order chi connectivity index (χ1) is 6.65. The molecule has 14 heavy (non-hydrogen) atoms. The molecule has 0 saturated heterocycles. The second kappa shape index (κ2) is 5.42. The topological polar surface area (TPSA) is 12.0 Å². The summed E-state index contributed by atoms with van der Waals surface area (Å²) in [4.78, 5) is 1.38. The van der Waals surface area contributed by atoms with Crippen molar-refractivity contribution in [3.63, 3.8) is 0 Å². The number of hydrogen-bond acceptors (Lipinski definition) is 2. The van der Waals surface area contributed by atoms with Crippen LogP contribution in [0.4, 0.5) is 0 Å². The minimum atomic E-state index is 1.07. The zero-order chi connectivity index (χ0) is 10.6. The Hall–Kier alpha value is -0.470. The highest BCUT2D eigenvalue weighted by atomic mass is 32.2.